The predicted molar refractivity (Wildman–Crippen MR) is 69.1 cm³/mol. The quantitative estimate of drug-likeness (QED) is 0.195. The molecule has 0 spiro atoms. The first kappa shape index (κ1) is 13.6. The molecule has 0 radical (unpaired) electrons. The third-order valence-electron chi connectivity index (χ3n) is 3.20. The Bertz CT molecular complexity index is 214. The van der Waals surface area contributed by atoms with Gasteiger partial charge in [-0.2, -0.15) is 5.10 Å². The summed E-state index contributed by atoms with van der Waals surface area (Å²) >= 11 is 5.64. The molecule has 0 saturated heterocycles. The second-order valence-electron chi connectivity index (χ2n) is 4.39. The van der Waals surface area contributed by atoms with Crippen LogP contribution in [0.15, 0.2) is 5.10 Å². The van der Waals surface area contributed by atoms with Crippen molar-refractivity contribution in [3.05, 3.63) is 0 Å². The Kier molecular flexibility index (Phi) is 6.57. The molecule has 1 aliphatic carbocycles. The number of hydrogen-bond acceptors (Lipinski definition) is 3. The Balaban J connectivity index is 2.38. The van der Waals surface area contributed by atoms with E-state index in [-0.39, 0.29) is 0 Å². The van der Waals surface area contributed by atoms with E-state index in [2.05, 4.69) is 5.10 Å². The molecule has 0 atom stereocenters. The van der Waals surface area contributed by atoms with Crippen molar-refractivity contribution in [3.63, 3.8) is 0 Å². The van der Waals surface area contributed by atoms with Crippen molar-refractivity contribution in [2.45, 2.75) is 57.4 Å². The van der Waals surface area contributed by atoms with E-state index in [1.807, 2.05) is 0 Å². The SMILES string of the molecule is N/N=C(/CCCCCl)N(N)C1CCCCC1. The summed E-state index contributed by atoms with van der Waals surface area (Å²) in [4.78, 5) is 0. The molecular formula is C11H23ClN4. The van der Waals surface area contributed by atoms with E-state index in [1.165, 1.54) is 19.3 Å². The van der Waals surface area contributed by atoms with Gasteiger partial charge in [0, 0.05) is 18.3 Å². The number of unbranched alkanes of at least 4 members (excludes halogenated alkanes) is 1. The zero-order chi connectivity index (χ0) is 11.8. The van der Waals surface area contributed by atoms with Crippen molar-refractivity contribution in [2.75, 3.05) is 5.88 Å². The van der Waals surface area contributed by atoms with Crippen molar-refractivity contribution in [1.29, 1.82) is 0 Å². The predicted octanol–water partition coefficient (Wildman–Crippen LogP) is 2.18. The second-order valence-corrected chi connectivity index (χ2v) is 4.77. The Morgan fingerprint density at radius 1 is 1.25 bits per heavy atom. The molecule has 16 heavy (non-hydrogen) atoms. The number of halogens is 1. The fourth-order valence-corrected chi connectivity index (χ4v) is 2.40. The van der Waals surface area contributed by atoms with Gasteiger partial charge in [0.1, 0.15) is 5.84 Å². The van der Waals surface area contributed by atoms with Crippen molar-refractivity contribution in [1.82, 2.24) is 5.01 Å². The van der Waals surface area contributed by atoms with Gasteiger partial charge < -0.3 is 5.84 Å². The van der Waals surface area contributed by atoms with Gasteiger partial charge in [0.05, 0.1) is 0 Å². The van der Waals surface area contributed by atoms with Crippen LogP contribution in [0.2, 0.25) is 0 Å². The normalized spacial score (nSPS) is 18.8. The Labute approximate surface area is 103 Å². The molecule has 0 aromatic carbocycles. The third kappa shape index (κ3) is 4.18. The minimum atomic E-state index is 0.423. The summed E-state index contributed by atoms with van der Waals surface area (Å²) in [7, 11) is 0. The van der Waals surface area contributed by atoms with Gasteiger partial charge >= 0.3 is 0 Å². The maximum atomic E-state index is 6.07. The second kappa shape index (κ2) is 7.74. The monoisotopic (exact) mass is 246 g/mol. The van der Waals surface area contributed by atoms with Gasteiger partial charge in [0.15, 0.2) is 0 Å². The Hall–Kier alpha value is -0.480. The number of hydrogen-bond donors (Lipinski definition) is 2. The molecule has 4 N–H and O–H groups in total. The highest BCUT2D eigenvalue weighted by molar-refractivity contribution is 6.17. The fourth-order valence-electron chi connectivity index (χ4n) is 2.21. The van der Waals surface area contributed by atoms with Crippen LogP contribution in [-0.2, 0) is 0 Å². The summed E-state index contributed by atoms with van der Waals surface area (Å²) in [6, 6.07) is 0.423. The van der Waals surface area contributed by atoms with Gasteiger partial charge in [-0.3, -0.25) is 5.01 Å². The molecule has 0 heterocycles. The van der Waals surface area contributed by atoms with Crippen LogP contribution in [0.3, 0.4) is 0 Å². The van der Waals surface area contributed by atoms with Crippen molar-refractivity contribution >= 4 is 17.4 Å². The zero-order valence-corrected chi connectivity index (χ0v) is 10.6. The molecule has 5 heteroatoms. The highest BCUT2D eigenvalue weighted by Gasteiger charge is 2.21. The summed E-state index contributed by atoms with van der Waals surface area (Å²) in [5.74, 6) is 13.0. The lowest BCUT2D eigenvalue weighted by Crippen LogP contribution is -2.46. The highest BCUT2D eigenvalue weighted by Crippen LogP contribution is 2.21. The van der Waals surface area contributed by atoms with Crippen LogP contribution < -0.4 is 11.7 Å². The molecule has 1 aliphatic rings. The molecule has 0 bridgehead atoms. The maximum absolute atomic E-state index is 6.07. The van der Waals surface area contributed by atoms with E-state index >= 15 is 0 Å². The minimum Gasteiger partial charge on any atom is -0.322 e. The largest absolute Gasteiger partial charge is 0.322 e. The van der Waals surface area contributed by atoms with Crippen LogP contribution in [0.1, 0.15) is 51.4 Å². The Morgan fingerprint density at radius 2 is 1.94 bits per heavy atom. The van der Waals surface area contributed by atoms with Crippen LogP contribution in [0.25, 0.3) is 0 Å². The molecule has 1 fully saturated rings. The average molecular weight is 247 g/mol. The molecule has 0 unspecified atom stereocenters. The molecule has 94 valence electrons. The van der Waals surface area contributed by atoms with Gasteiger partial charge in [-0.25, -0.2) is 5.84 Å². The number of hydrazone groups is 1. The summed E-state index contributed by atoms with van der Waals surface area (Å²) in [6.45, 7) is 0. The Morgan fingerprint density at radius 3 is 2.50 bits per heavy atom. The summed E-state index contributed by atoms with van der Waals surface area (Å²) < 4.78 is 0. The van der Waals surface area contributed by atoms with Gasteiger partial charge in [0.2, 0.25) is 0 Å². The number of rotatable bonds is 5. The van der Waals surface area contributed by atoms with Crippen molar-refractivity contribution in [3.8, 4) is 0 Å². The van der Waals surface area contributed by atoms with Gasteiger partial charge in [-0.05, 0) is 25.7 Å². The van der Waals surface area contributed by atoms with Crippen LogP contribution in [-0.4, -0.2) is 22.8 Å². The first-order valence-electron chi connectivity index (χ1n) is 6.16. The lowest BCUT2D eigenvalue weighted by molar-refractivity contribution is 0.243. The molecular weight excluding hydrogens is 224 g/mol. The first-order valence-corrected chi connectivity index (χ1v) is 6.69. The summed E-state index contributed by atoms with van der Waals surface area (Å²) in [5.41, 5.74) is 0. The van der Waals surface area contributed by atoms with Crippen LogP contribution >= 0.6 is 11.6 Å². The van der Waals surface area contributed by atoms with Gasteiger partial charge in [-0.15, -0.1) is 11.6 Å². The highest BCUT2D eigenvalue weighted by atomic mass is 35.5. The van der Waals surface area contributed by atoms with Crippen LogP contribution in [0.4, 0.5) is 0 Å². The first-order chi connectivity index (χ1) is 7.79. The van der Waals surface area contributed by atoms with Crippen LogP contribution in [0.5, 0.6) is 0 Å². The van der Waals surface area contributed by atoms with E-state index in [0.717, 1.165) is 37.9 Å². The topological polar surface area (TPSA) is 67.6 Å². The third-order valence-corrected chi connectivity index (χ3v) is 3.47. The molecule has 1 rings (SSSR count). The van der Waals surface area contributed by atoms with Gasteiger partial charge in [0.25, 0.3) is 0 Å². The van der Waals surface area contributed by atoms with E-state index in [4.69, 9.17) is 23.3 Å². The number of nitrogens with zero attached hydrogens (tertiary/aromatic N) is 2. The van der Waals surface area contributed by atoms with E-state index in [1.54, 1.807) is 5.01 Å². The molecule has 0 aliphatic heterocycles. The lowest BCUT2D eigenvalue weighted by Gasteiger charge is -2.32. The van der Waals surface area contributed by atoms with Crippen molar-refractivity contribution in [2.24, 2.45) is 16.8 Å². The lowest BCUT2D eigenvalue weighted by atomic mass is 9.95. The standard InChI is InChI=1S/C11H23ClN4/c12-9-5-4-8-11(15-13)16(14)10-6-2-1-3-7-10/h10H,1-9,13-14H2/b15-11-. The molecule has 0 aromatic rings. The zero-order valence-electron chi connectivity index (χ0n) is 9.87. The van der Waals surface area contributed by atoms with Crippen molar-refractivity contribution < 1.29 is 0 Å². The minimum absolute atomic E-state index is 0.423. The molecule has 1 saturated carbocycles. The van der Waals surface area contributed by atoms with Crippen LogP contribution in [0, 0.1) is 0 Å². The van der Waals surface area contributed by atoms with Gasteiger partial charge in [-0.1, -0.05) is 19.3 Å². The number of nitrogens with two attached hydrogens (primary N) is 2. The average Bonchev–Trinajstić information content (AvgIpc) is 2.35. The summed E-state index contributed by atoms with van der Waals surface area (Å²) in [6.07, 6.45) is 8.98. The summed E-state index contributed by atoms with van der Waals surface area (Å²) in [5, 5.41) is 5.59. The maximum Gasteiger partial charge on any atom is 0.138 e. The number of amidine groups is 1. The molecule has 4 nitrogen and oxygen atoms in total. The fraction of sp³-hybridized carbons (Fsp3) is 0.909. The number of hydrazine groups is 1. The van der Waals surface area contributed by atoms with E-state index < -0.39 is 0 Å². The van der Waals surface area contributed by atoms with E-state index in [9.17, 15) is 0 Å². The molecule has 0 amide bonds. The number of alkyl halides is 1. The smallest absolute Gasteiger partial charge is 0.138 e. The van der Waals surface area contributed by atoms with E-state index in [0.29, 0.717) is 11.9 Å². The molecule has 0 aromatic heterocycles.